The van der Waals surface area contributed by atoms with Gasteiger partial charge in [0.1, 0.15) is 11.5 Å². The number of methoxy groups -OCH3 is 1. The molecule has 1 unspecified atom stereocenters. The van der Waals surface area contributed by atoms with Gasteiger partial charge < -0.3 is 14.5 Å². The molecule has 39 heavy (non-hydrogen) atoms. The first-order chi connectivity index (χ1) is 18.2. The highest BCUT2D eigenvalue weighted by molar-refractivity contribution is 7.89. The Morgan fingerprint density at radius 3 is 2.08 bits per heavy atom. The molecule has 0 heterocycles. The highest BCUT2D eigenvalue weighted by Crippen LogP contribution is 2.28. The van der Waals surface area contributed by atoms with E-state index in [4.69, 9.17) is 4.74 Å². The van der Waals surface area contributed by atoms with Crippen LogP contribution in [0.3, 0.4) is 0 Å². The van der Waals surface area contributed by atoms with Crippen molar-refractivity contribution >= 4 is 21.7 Å². The lowest BCUT2D eigenvalue weighted by Crippen LogP contribution is -2.33. The standard InChI is InChI=1S/C15H22N2O.C15H23NO4S/c1-11(18)17(4)10-12-5-6-13-8-15(16(2)3)9-14(13)7-12;1-6-7-13(17)10-16(4)21(18,19)15-11(2)8-14(20-5)9-12(15)3/h5-7,15H,8-10H2,1-4H3;8-9H,6-7,10H2,1-5H3. The third kappa shape index (κ3) is 8.62. The number of sulfonamides is 1. The number of likely N-dealkylation sites (N-methyl/N-ethyl adjacent to an activating group) is 2. The Balaban J connectivity index is 0.000000276. The molecule has 3 rings (SSSR count). The van der Waals surface area contributed by atoms with Crippen LogP contribution < -0.4 is 4.74 Å². The number of amides is 1. The summed E-state index contributed by atoms with van der Waals surface area (Å²) < 4.78 is 31.5. The van der Waals surface area contributed by atoms with E-state index in [9.17, 15) is 18.0 Å². The van der Waals surface area contributed by atoms with Crippen LogP contribution in [0.1, 0.15) is 54.5 Å². The molecule has 216 valence electrons. The zero-order valence-electron chi connectivity index (χ0n) is 25.0. The smallest absolute Gasteiger partial charge is 0.243 e. The second kappa shape index (κ2) is 14.1. The summed E-state index contributed by atoms with van der Waals surface area (Å²) in [5.74, 6) is 0.655. The minimum absolute atomic E-state index is 0.0765. The van der Waals surface area contributed by atoms with Crippen molar-refractivity contribution in [3.63, 3.8) is 0 Å². The van der Waals surface area contributed by atoms with Crippen LogP contribution in [0.4, 0.5) is 0 Å². The fraction of sp³-hybridized carbons (Fsp3) is 0.533. The van der Waals surface area contributed by atoms with E-state index in [2.05, 4.69) is 37.2 Å². The lowest BCUT2D eigenvalue weighted by atomic mass is 10.1. The van der Waals surface area contributed by atoms with Gasteiger partial charge in [-0.1, -0.05) is 25.1 Å². The van der Waals surface area contributed by atoms with E-state index in [1.54, 1.807) is 37.8 Å². The van der Waals surface area contributed by atoms with Crippen LogP contribution in [0.2, 0.25) is 0 Å². The Bertz CT molecular complexity index is 1250. The number of aryl methyl sites for hydroxylation is 2. The maximum atomic E-state index is 12.6. The van der Waals surface area contributed by atoms with E-state index in [-0.39, 0.29) is 23.1 Å². The summed E-state index contributed by atoms with van der Waals surface area (Å²) in [7, 11) is 5.42. The van der Waals surface area contributed by atoms with Gasteiger partial charge in [0.2, 0.25) is 15.9 Å². The molecule has 1 aliphatic rings. The first-order valence-corrected chi connectivity index (χ1v) is 14.8. The van der Waals surface area contributed by atoms with Crippen molar-refractivity contribution in [3.8, 4) is 5.75 Å². The third-order valence-corrected chi connectivity index (χ3v) is 9.24. The summed E-state index contributed by atoms with van der Waals surface area (Å²) in [6.45, 7) is 7.56. The summed E-state index contributed by atoms with van der Waals surface area (Å²) in [5, 5.41) is 0. The second-order valence-electron chi connectivity index (χ2n) is 10.6. The van der Waals surface area contributed by atoms with Crippen molar-refractivity contribution in [2.24, 2.45) is 0 Å². The lowest BCUT2D eigenvalue weighted by Gasteiger charge is -2.20. The number of rotatable bonds is 10. The van der Waals surface area contributed by atoms with Gasteiger partial charge in [0.15, 0.2) is 0 Å². The normalized spacial score (nSPS) is 14.6. The zero-order valence-corrected chi connectivity index (χ0v) is 25.8. The van der Waals surface area contributed by atoms with Gasteiger partial charge in [0.25, 0.3) is 0 Å². The van der Waals surface area contributed by atoms with Crippen LogP contribution in [-0.4, -0.2) is 82.1 Å². The predicted octanol–water partition coefficient (Wildman–Crippen LogP) is 4.00. The van der Waals surface area contributed by atoms with Crippen LogP contribution in [0, 0.1) is 13.8 Å². The lowest BCUT2D eigenvalue weighted by molar-refractivity contribution is -0.128. The van der Waals surface area contributed by atoms with E-state index in [1.165, 1.54) is 30.8 Å². The molecular formula is C30H45N3O5S. The van der Waals surface area contributed by atoms with Gasteiger partial charge in [-0.05, 0) is 87.2 Å². The van der Waals surface area contributed by atoms with Crippen LogP contribution >= 0.6 is 0 Å². The number of nitrogens with zero attached hydrogens (tertiary/aromatic N) is 3. The molecule has 0 radical (unpaired) electrons. The molecule has 1 amide bonds. The maximum Gasteiger partial charge on any atom is 0.243 e. The van der Waals surface area contributed by atoms with Crippen molar-refractivity contribution in [1.29, 1.82) is 0 Å². The van der Waals surface area contributed by atoms with Gasteiger partial charge in [0, 0.05) is 40.0 Å². The minimum atomic E-state index is -3.68. The van der Waals surface area contributed by atoms with E-state index in [0.717, 1.165) is 17.1 Å². The Morgan fingerprint density at radius 2 is 1.56 bits per heavy atom. The van der Waals surface area contributed by atoms with Gasteiger partial charge in [0.05, 0.1) is 18.6 Å². The van der Waals surface area contributed by atoms with Gasteiger partial charge in [-0.2, -0.15) is 4.31 Å². The van der Waals surface area contributed by atoms with E-state index >= 15 is 0 Å². The number of carbonyl (C=O) groups is 2. The van der Waals surface area contributed by atoms with Gasteiger partial charge in [-0.3, -0.25) is 9.59 Å². The van der Waals surface area contributed by atoms with Crippen LogP contribution in [-0.2, 0) is 39.0 Å². The number of benzene rings is 2. The van der Waals surface area contributed by atoms with Crippen molar-refractivity contribution in [1.82, 2.24) is 14.1 Å². The van der Waals surface area contributed by atoms with E-state index in [1.807, 2.05) is 14.0 Å². The minimum Gasteiger partial charge on any atom is -0.497 e. The molecule has 0 saturated carbocycles. The average molecular weight is 560 g/mol. The van der Waals surface area contributed by atoms with E-state index < -0.39 is 10.0 Å². The first-order valence-electron chi connectivity index (χ1n) is 13.3. The fourth-order valence-electron chi connectivity index (χ4n) is 4.78. The second-order valence-corrected chi connectivity index (χ2v) is 12.6. The number of Topliss-reactive ketones (excluding diaryl/α,β-unsaturated/α-hetero) is 1. The summed E-state index contributed by atoms with van der Waals surface area (Å²) in [6, 6.07) is 10.6. The zero-order chi connectivity index (χ0) is 29.5. The molecule has 0 aliphatic heterocycles. The highest BCUT2D eigenvalue weighted by Gasteiger charge is 2.27. The summed E-state index contributed by atoms with van der Waals surface area (Å²) in [5.41, 5.74) is 5.36. The van der Waals surface area contributed by atoms with Crippen LogP contribution in [0.15, 0.2) is 35.2 Å². The maximum absolute atomic E-state index is 12.6. The summed E-state index contributed by atoms with van der Waals surface area (Å²) in [4.78, 5) is 27.2. The Morgan fingerprint density at radius 1 is 0.974 bits per heavy atom. The van der Waals surface area contributed by atoms with Crippen molar-refractivity contribution in [2.45, 2.75) is 70.9 Å². The number of ether oxygens (including phenoxy) is 1. The molecule has 2 aromatic carbocycles. The predicted molar refractivity (Wildman–Crippen MR) is 156 cm³/mol. The largest absolute Gasteiger partial charge is 0.497 e. The molecule has 0 fully saturated rings. The molecular weight excluding hydrogens is 514 g/mol. The van der Waals surface area contributed by atoms with Crippen LogP contribution in [0.5, 0.6) is 5.75 Å². The molecule has 8 nitrogen and oxygen atoms in total. The Labute approximate surface area is 235 Å². The number of fused-ring (bicyclic) bond motifs is 1. The fourth-order valence-corrected chi connectivity index (χ4v) is 6.34. The molecule has 0 saturated heterocycles. The molecule has 1 aliphatic carbocycles. The van der Waals surface area contributed by atoms with Crippen molar-refractivity contribution < 1.29 is 22.7 Å². The van der Waals surface area contributed by atoms with Crippen molar-refractivity contribution in [3.05, 3.63) is 58.1 Å². The molecule has 9 heteroatoms. The molecule has 0 bridgehead atoms. The molecule has 0 spiro atoms. The van der Waals surface area contributed by atoms with Crippen molar-refractivity contribution in [2.75, 3.05) is 41.8 Å². The Hall–Kier alpha value is -2.75. The van der Waals surface area contributed by atoms with E-state index in [0.29, 0.717) is 42.3 Å². The first kappa shape index (κ1) is 32.5. The monoisotopic (exact) mass is 559 g/mol. The number of ketones is 1. The third-order valence-electron chi connectivity index (χ3n) is 7.14. The topological polar surface area (TPSA) is 87.2 Å². The summed E-state index contributed by atoms with van der Waals surface area (Å²) in [6.07, 6.45) is 3.37. The number of hydrogen-bond acceptors (Lipinski definition) is 6. The molecule has 0 N–H and O–H groups in total. The molecule has 0 aromatic heterocycles. The van der Waals surface area contributed by atoms with Gasteiger partial charge in [-0.15, -0.1) is 0 Å². The summed E-state index contributed by atoms with van der Waals surface area (Å²) >= 11 is 0. The van der Waals surface area contributed by atoms with Gasteiger partial charge in [-0.25, -0.2) is 8.42 Å². The quantitative estimate of drug-likeness (QED) is 0.438. The Kier molecular flexibility index (Phi) is 11.7. The van der Waals surface area contributed by atoms with Gasteiger partial charge >= 0.3 is 0 Å². The van der Waals surface area contributed by atoms with Crippen LogP contribution in [0.25, 0.3) is 0 Å². The SMILES string of the molecule is CC(=O)N(C)Cc1ccc2c(c1)CC(N(C)C)C2.CCCC(=O)CN(C)S(=O)(=O)c1c(C)cc(OC)cc1C. The molecule has 2 aromatic rings. The number of carbonyl (C=O) groups excluding carboxylic acids is 2. The molecule has 1 atom stereocenters. The highest BCUT2D eigenvalue weighted by atomic mass is 32.2. The average Bonchev–Trinajstić information content (AvgIpc) is 3.27. The number of hydrogen-bond donors (Lipinski definition) is 0.